The molecule has 2 atom stereocenters. The maximum atomic E-state index is 8.24. The fourth-order valence-corrected chi connectivity index (χ4v) is 18.0. The third kappa shape index (κ3) is 5.51. The first-order chi connectivity index (χ1) is 20.1. The van der Waals surface area contributed by atoms with Crippen molar-refractivity contribution < 1.29 is 8.85 Å². The van der Waals surface area contributed by atoms with E-state index in [9.17, 15) is 0 Å². The van der Waals surface area contributed by atoms with E-state index in [1.807, 2.05) is 0 Å². The minimum absolute atomic E-state index is 0.0364. The number of benzene rings is 2. The molecule has 4 rings (SSSR count). The van der Waals surface area contributed by atoms with Crippen LogP contribution in [0.5, 0.6) is 0 Å². The van der Waals surface area contributed by atoms with Gasteiger partial charge in [-0.25, -0.2) is 0 Å². The molecule has 0 saturated carbocycles. The van der Waals surface area contributed by atoms with E-state index in [0.717, 1.165) is 0 Å². The van der Waals surface area contributed by atoms with Gasteiger partial charge in [-0.15, -0.1) is 0 Å². The van der Waals surface area contributed by atoms with E-state index in [-0.39, 0.29) is 20.9 Å². The van der Waals surface area contributed by atoms with Crippen molar-refractivity contribution in [2.24, 2.45) is 10.8 Å². The minimum Gasteiger partial charge on any atom is -0.406 e. The molecule has 0 fully saturated rings. The smallest absolute Gasteiger partial charge is 0.193 e. The molecule has 5 heteroatoms. The Labute approximate surface area is 280 Å². The summed E-state index contributed by atoms with van der Waals surface area (Å²) < 4.78 is 16.5. The molecule has 2 aromatic carbocycles. The van der Waals surface area contributed by atoms with Gasteiger partial charge >= 0.3 is 0 Å². The van der Waals surface area contributed by atoms with E-state index >= 15 is 0 Å². The van der Waals surface area contributed by atoms with Gasteiger partial charge in [0.15, 0.2) is 16.6 Å². The van der Waals surface area contributed by atoms with Crippen LogP contribution in [0, 0.1) is 10.8 Å². The Morgan fingerprint density at radius 1 is 0.467 bits per heavy atom. The number of hydrogen-bond donors (Lipinski definition) is 0. The average Bonchev–Trinajstić information content (AvgIpc) is 3.38. The van der Waals surface area contributed by atoms with Crippen LogP contribution in [0.2, 0.25) is 49.4 Å². The zero-order valence-corrected chi connectivity index (χ0v) is 35.1. The summed E-state index contributed by atoms with van der Waals surface area (Å²) in [6.45, 7) is 43.7. The molecule has 45 heavy (non-hydrogen) atoms. The van der Waals surface area contributed by atoms with Gasteiger partial charge in [-0.2, -0.15) is 0 Å². The van der Waals surface area contributed by atoms with Crippen LogP contribution in [0.1, 0.15) is 105 Å². The molecule has 0 aliphatic heterocycles. The predicted molar refractivity (Wildman–Crippen MR) is 205 cm³/mol. The number of fused-ring (bicyclic) bond motifs is 2. The largest absolute Gasteiger partial charge is 0.406 e. The van der Waals surface area contributed by atoms with Crippen LogP contribution in [0.15, 0.2) is 59.7 Å². The van der Waals surface area contributed by atoms with Gasteiger partial charge in [-0.05, 0) is 80.5 Å². The lowest BCUT2D eigenvalue weighted by Crippen LogP contribution is -2.73. The zero-order chi connectivity index (χ0) is 34.4. The monoisotopic (exact) mass is 660 g/mol. The van der Waals surface area contributed by atoms with Crippen molar-refractivity contribution in [2.45, 2.75) is 143 Å². The lowest BCUT2D eigenvalue weighted by Gasteiger charge is -2.62. The molecular weight excluding hydrogens is 597 g/mol. The highest BCUT2D eigenvalue weighted by molar-refractivity contribution is 6.87. The van der Waals surface area contributed by atoms with E-state index < -0.39 is 35.2 Å². The van der Waals surface area contributed by atoms with Gasteiger partial charge in [0.05, 0.1) is 10.4 Å². The Kier molecular flexibility index (Phi) is 8.68. The highest BCUT2D eigenvalue weighted by Crippen LogP contribution is 2.66. The van der Waals surface area contributed by atoms with E-state index in [1.165, 1.54) is 33.4 Å². The molecule has 0 heterocycles. The van der Waals surface area contributed by atoms with Crippen molar-refractivity contribution >= 4 is 36.9 Å². The molecule has 0 aromatic heterocycles. The van der Waals surface area contributed by atoms with Crippen LogP contribution in [0.3, 0.4) is 0 Å². The summed E-state index contributed by atoms with van der Waals surface area (Å²) in [5.41, 5.74) is 7.87. The Bertz CT molecular complexity index is 1400. The molecular formula is C40H64O2Si3. The van der Waals surface area contributed by atoms with E-state index in [0.29, 0.717) is 0 Å². The fourth-order valence-electron chi connectivity index (χ4n) is 7.32. The van der Waals surface area contributed by atoms with Crippen molar-refractivity contribution in [3.05, 3.63) is 81.9 Å². The minimum atomic E-state index is -2.87. The van der Waals surface area contributed by atoms with Crippen LogP contribution in [-0.2, 0) is 19.3 Å². The number of rotatable bonds is 6. The van der Waals surface area contributed by atoms with Gasteiger partial charge in [-0.3, -0.25) is 0 Å². The molecule has 2 aliphatic carbocycles. The number of hydrogen-bond acceptors (Lipinski definition) is 2. The lowest BCUT2D eigenvalue weighted by molar-refractivity contribution is 0.0941. The quantitative estimate of drug-likeness (QED) is 0.287. The molecule has 0 saturated heterocycles. The van der Waals surface area contributed by atoms with Crippen LogP contribution in [-0.4, -0.2) is 24.7 Å². The average molecular weight is 661 g/mol. The fraction of sp³-hybridized carbons (Fsp3) is 0.600. The van der Waals surface area contributed by atoms with Gasteiger partial charge in [0.2, 0.25) is 0 Å². The van der Waals surface area contributed by atoms with Crippen LogP contribution in [0.25, 0.3) is 12.2 Å². The third-order valence-corrected chi connectivity index (χ3v) is 25.9. The highest BCUT2D eigenvalue weighted by atomic mass is 28.4. The van der Waals surface area contributed by atoms with Crippen molar-refractivity contribution in [3.63, 3.8) is 0 Å². The summed E-state index contributed by atoms with van der Waals surface area (Å²) in [5, 5.41) is -1.13. The topological polar surface area (TPSA) is 18.5 Å². The van der Waals surface area contributed by atoms with Gasteiger partial charge in [-0.1, -0.05) is 157 Å². The predicted octanol–water partition coefficient (Wildman–Crippen LogP) is 12.5. The van der Waals surface area contributed by atoms with Crippen molar-refractivity contribution in [1.29, 1.82) is 0 Å². The van der Waals surface area contributed by atoms with Crippen molar-refractivity contribution in [1.82, 2.24) is 0 Å². The van der Waals surface area contributed by atoms with E-state index in [2.05, 4.69) is 183 Å². The van der Waals surface area contributed by atoms with Crippen LogP contribution in [0.4, 0.5) is 0 Å². The SMILES string of the molecule is CC(C)(C)C1=Cc2ccccc2C1(O[Si](C)(C)C(C)(C)C)[Si](C)(C)C1(O[Si](C)(C)C(C)(C)C)C(C(C)(C)C)=Cc2ccccc21. The Balaban J connectivity index is 2.28. The second-order valence-electron chi connectivity index (χ2n) is 19.5. The second kappa shape index (κ2) is 10.7. The molecule has 0 radical (unpaired) electrons. The molecule has 2 aliphatic rings. The summed E-state index contributed by atoms with van der Waals surface area (Å²) in [4.78, 5) is 0. The maximum absolute atomic E-state index is 8.24. The van der Waals surface area contributed by atoms with Gasteiger partial charge in [0.25, 0.3) is 0 Å². The Morgan fingerprint density at radius 3 is 1.02 bits per heavy atom. The first-order valence-electron chi connectivity index (χ1n) is 17.1. The first-order valence-corrected chi connectivity index (χ1v) is 25.9. The summed E-state index contributed by atoms with van der Waals surface area (Å²) in [6.07, 6.45) is 5.00. The third-order valence-electron chi connectivity index (χ3n) is 11.8. The Hall–Kier alpha value is -1.51. The van der Waals surface area contributed by atoms with Crippen LogP contribution >= 0.6 is 0 Å². The molecule has 0 N–H and O–H groups in total. The van der Waals surface area contributed by atoms with Gasteiger partial charge in [0.1, 0.15) is 8.07 Å². The van der Waals surface area contributed by atoms with Crippen molar-refractivity contribution in [3.8, 4) is 0 Å². The molecule has 2 aromatic rings. The molecule has 248 valence electrons. The normalized spacial score (nSPS) is 23.1. The first kappa shape index (κ1) is 36.3. The second-order valence-corrected chi connectivity index (χ2v) is 33.6. The van der Waals surface area contributed by atoms with Gasteiger partial charge < -0.3 is 8.85 Å². The summed E-state index contributed by atoms with van der Waals surface area (Å²) in [5.74, 6) is 0. The Morgan fingerprint density at radius 2 is 0.756 bits per heavy atom. The van der Waals surface area contributed by atoms with Crippen LogP contribution < -0.4 is 0 Å². The molecule has 2 nitrogen and oxygen atoms in total. The lowest BCUT2D eigenvalue weighted by atomic mass is 9.82. The highest BCUT2D eigenvalue weighted by Gasteiger charge is 2.72. The molecule has 0 amide bonds. The van der Waals surface area contributed by atoms with E-state index in [1.54, 1.807) is 0 Å². The standard InChI is InChI=1S/C40H64O2Si3/c1-35(2,3)33-27-29-23-19-21-25-31(29)39(33,41-44(15,16)37(7,8)9)43(13,14)40(42-45(17,18)38(10,11)12)32-26-22-20-24-30(32)28-34(40)36(4,5)6/h19-28H,1-18H3. The summed E-state index contributed by atoms with van der Waals surface area (Å²) in [7, 11) is -7.57. The summed E-state index contributed by atoms with van der Waals surface area (Å²) in [6, 6.07) is 18.2. The van der Waals surface area contributed by atoms with Gasteiger partial charge in [0, 0.05) is 0 Å². The zero-order valence-electron chi connectivity index (χ0n) is 32.1. The molecule has 0 bridgehead atoms. The summed E-state index contributed by atoms with van der Waals surface area (Å²) >= 11 is 0. The van der Waals surface area contributed by atoms with Crippen molar-refractivity contribution in [2.75, 3.05) is 0 Å². The maximum Gasteiger partial charge on any atom is 0.193 e. The molecule has 0 spiro atoms. The van der Waals surface area contributed by atoms with E-state index in [4.69, 9.17) is 8.85 Å². The molecule has 2 unspecified atom stereocenters.